The molecule has 0 bridgehead atoms. The quantitative estimate of drug-likeness (QED) is 0.424. The summed E-state index contributed by atoms with van der Waals surface area (Å²) in [4.78, 5) is 28.5. The molecule has 7 nitrogen and oxygen atoms in total. The zero-order valence-electron chi connectivity index (χ0n) is 19.5. The lowest BCUT2D eigenvalue weighted by molar-refractivity contribution is 0.0539. The molecule has 0 aliphatic carbocycles. The monoisotopic (exact) mass is 477 g/mol. The fourth-order valence-electron chi connectivity index (χ4n) is 4.61. The first-order chi connectivity index (χ1) is 16.9. The first-order valence-electron chi connectivity index (χ1n) is 11.6. The Kier molecular flexibility index (Phi) is 6.15. The number of hydrogen-bond acceptors (Lipinski definition) is 6. The summed E-state index contributed by atoms with van der Waals surface area (Å²) in [7, 11) is 0. The van der Waals surface area contributed by atoms with Gasteiger partial charge in [-0.15, -0.1) is 0 Å². The van der Waals surface area contributed by atoms with Crippen molar-refractivity contribution >= 4 is 23.0 Å². The van der Waals surface area contributed by atoms with Gasteiger partial charge < -0.3 is 14.6 Å². The summed E-state index contributed by atoms with van der Waals surface area (Å²) in [5.41, 5.74) is 2.04. The normalized spacial score (nSPS) is 18.1. The van der Waals surface area contributed by atoms with Crippen LogP contribution in [0.1, 0.15) is 35.7 Å². The highest BCUT2D eigenvalue weighted by atomic mass is 19.1. The van der Waals surface area contributed by atoms with Crippen LogP contribution in [0.15, 0.2) is 53.2 Å². The van der Waals surface area contributed by atoms with E-state index in [2.05, 4.69) is 27.2 Å². The maximum absolute atomic E-state index is 14.6. The van der Waals surface area contributed by atoms with E-state index in [4.69, 9.17) is 4.42 Å². The highest BCUT2D eigenvalue weighted by Gasteiger charge is 2.34. The number of nitrogens with zero attached hydrogens (tertiary/aromatic N) is 4. The second-order valence-corrected chi connectivity index (χ2v) is 8.92. The van der Waals surface area contributed by atoms with Gasteiger partial charge in [-0.1, -0.05) is 6.92 Å². The molecule has 3 heterocycles. The van der Waals surface area contributed by atoms with Crippen molar-refractivity contribution in [2.45, 2.75) is 32.7 Å². The molecular weight excluding hydrogens is 452 g/mol. The van der Waals surface area contributed by atoms with Crippen LogP contribution < -0.4 is 5.32 Å². The SMILES string of the molecule is Cc1cc(-c2ncccn2)c(C(=O)N2CCC[C@@H](C)[C@H]2CNc2nc3ccc(F)cc3o2)cc1F. The van der Waals surface area contributed by atoms with E-state index in [0.29, 0.717) is 41.1 Å². The van der Waals surface area contributed by atoms with E-state index >= 15 is 0 Å². The molecule has 9 heteroatoms. The number of fused-ring (bicyclic) bond motifs is 1. The molecule has 1 aliphatic heterocycles. The summed E-state index contributed by atoms with van der Waals surface area (Å²) in [5.74, 6) is -0.566. The molecule has 2 aromatic carbocycles. The van der Waals surface area contributed by atoms with Crippen LogP contribution in [0.5, 0.6) is 0 Å². The molecule has 2 atom stereocenters. The van der Waals surface area contributed by atoms with E-state index in [9.17, 15) is 13.6 Å². The number of halogens is 2. The third kappa shape index (κ3) is 4.58. The Labute approximate surface area is 201 Å². The number of rotatable bonds is 5. The molecule has 0 radical (unpaired) electrons. The van der Waals surface area contributed by atoms with Crippen LogP contribution in [0.3, 0.4) is 0 Å². The van der Waals surface area contributed by atoms with Crippen LogP contribution >= 0.6 is 0 Å². The Morgan fingerprint density at radius 1 is 1.20 bits per heavy atom. The van der Waals surface area contributed by atoms with Crippen molar-refractivity contribution in [2.24, 2.45) is 5.92 Å². The molecule has 0 unspecified atom stereocenters. The smallest absolute Gasteiger partial charge is 0.295 e. The molecule has 2 aromatic heterocycles. The van der Waals surface area contributed by atoms with E-state index in [1.165, 1.54) is 18.2 Å². The number of oxazole rings is 1. The van der Waals surface area contributed by atoms with Crippen LogP contribution in [0.4, 0.5) is 14.8 Å². The van der Waals surface area contributed by atoms with E-state index < -0.39 is 11.6 Å². The van der Waals surface area contributed by atoms with Gasteiger partial charge in [-0.3, -0.25) is 4.79 Å². The van der Waals surface area contributed by atoms with Gasteiger partial charge in [0, 0.05) is 37.1 Å². The molecule has 1 fully saturated rings. The van der Waals surface area contributed by atoms with E-state index in [-0.39, 0.29) is 29.4 Å². The van der Waals surface area contributed by atoms with Crippen molar-refractivity contribution in [3.8, 4) is 11.4 Å². The number of amides is 1. The number of carbonyl (C=O) groups excluding carboxylic acids is 1. The fraction of sp³-hybridized carbons (Fsp3) is 0.308. The summed E-state index contributed by atoms with van der Waals surface area (Å²) in [6.07, 6.45) is 4.98. The van der Waals surface area contributed by atoms with Crippen molar-refractivity contribution in [3.05, 3.63) is 71.6 Å². The minimum Gasteiger partial charge on any atom is -0.423 e. The number of nitrogens with one attached hydrogen (secondary N) is 1. The van der Waals surface area contributed by atoms with Crippen LogP contribution in [0.25, 0.3) is 22.5 Å². The van der Waals surface area contributed by atoms with E-state index in [1.807, 2.05) is 0 Å². The van der Waals surface area contributed by atoms with Crippen LogP contribution in [-0.2, 0) is 0 Å². The standard InChI is InChI=1S/C26H25F2N5O2/c1-15-5-3-10-33(22(15)14-31-26-32-21-7-6-17(27)12-23(21)35-26)25(34)19-13-20(28)16(2)11-18(19)24-29-8-4-9-30-24/h4,6-9,11-13,15,22H,3,5,10,14H2,1-2H3,(H,31,32)/t15-,22-/m1/s1. The molecular formula is C26H25F2N5O2. The second-order valence-electron chi connectivity index (χ2n) is 8.92. The van der Waals surface area contributed by atoms with Crippen LogP contribution in [0.2, 0.25) is 0 Å². The lowest BCUT2D eigenvalue weighted by Crippen LogP contribution is -2.51. The summed E-state index contributed by atoms with van der Waals surface area (Å²) in [6, 6.07) is 8.83. The molecule has 1 saturated heterocycles. The van der Waals surface area contributed by atoms with Gasteiger partial charge in [0.2, 0.25) is 0 Å². The first-order valence-corrected chi connectivity index (χ1v) is 11.6. The average Bonchev–Trinajstić information content (AvgIpc) is 3.26. The highest BCUT2D eigenvalue weighted by Crippen LogP contribution is 2.30. The number of carbonyl (C=O) groups is 1. The van der Waals surface area contributed by atoms with Gasteiger partial charge in [0.1, 0.15) is 17.2 Å². The van der Waals surface area contributed by atoms with Crippen LogP contribution in [0, 0.1) is 24.5 Å². The first kappa shape index (κ1) is 22.9. The number of aryl methyl sites for hydroxylation is 1. The number of aromatic nitrogens is 3. The largest absolute Gasteiger partial charge is 0.423 e. The van der Waals surface area contributed by atoms with Gasteiger partial charge in [-0.2, -0.15) is 4.98 Å². The molecule has 5 rings (SSSR count). The van der Waals surface area contributed by atoms with Gasteiger partial charge in [0.25, 0.3) is 11.9 Å². The predicted octanol–water partition coefficient (Wildman–Crippen LogP) is 5.22. The van der Waals surface area contributed by atoms with Gasteiger partial charge >= 0.3 is 0 Å². The molecule has 1 N–H and O–H groups in total. The second kappa shape index (κ2) is 9.40. The highest BCUT2D eigenvalue weighted by molar-refractivity contribution is 6.00. The average molecular weight is 478 g/mol. The Morgan fingerprint density at radius 2 is 2.00 bits per heavy atom. The van der Waals surface area contributed by atoms with Crippen molar-refractivity contribution in [3.63, 3.8) is 0 Å². The lowest BCUT2D eigenvalue weighted by atomic mass is 9.89. The van der Waals surface area contributed by atoms with Gasteiger partial charge in [-0.25, -0.2) is 18.7 Å². The Balaban J connectivity index is 1.43. The number of hydrogen-bond donors (Lipinski definition) is 1. The minimum atomic E-state index is -0.452. The summed E-state index contributed by atoms with van der Waals surface area (Å²) in [5, 5.41) is 3.16. The molecule has 0 saturated carbocycles. The fourth-order valence-corrected chi connectivity index (χ4v) is 4.61. The Hall–Kier alpha value is -3.88. The molecule has 35 heavy (non-hydrogen) atoms. The predicted molar refractivity (Wildman–Crippen MR) is 128 cm³/mol. The maximum Gasteiger partial charge on any atom is 0.295 e. The zero-order valence-corrected chi connectivity index (χ0v) is 19.5. The number of piperidine rings is 1. The molecule has 4 aromatic rings. The maximum atomic E-state index is 14.6. The van der Waals surface area contributed by atoms with Gasteiger partial charge in [0.05, 0.1) is 11.6 Å². The summed E-state index contributed by atoms with van der Waals surface area (Å²) >= 11 is 0. The summed E-state index contributed by atoms with van der Waals surface area (Å²) in [6.45, 7) is 4.66. The van der Waals surface area contributed by atoms with Crippen molar-refractivity contribution in [2.75, 3.05) is 18.4 Å². The van der Waals surface area contributed by atoms with E-state index in [0.717, 1.165) is 12.8 Å². The minimum absolute atomic E-state index is 0.183. The van der Waals surface area contributed by atoms with Crippen LogP contribution in [-0.4, -0.2) is 44.9 Å². The third-order valence-corrected chi connectivity index (χ3v) is 6.53. The number of benzene rings is 2. The lowest BCUT2D eigenvalue weighted by Gasteiger charge is -2.40. The van der Waals surface area contributed by atoms with E-state index in [1.54, 1.807) is 42.4 Å². The van der Waals surface area contributed by atoms with Gasteiger partial charge in [-0.05, 0) is 61.6 Å². The molecule has 180 valence electrons. The van der Waals surface area contributed by atoms with Crippen molar-refractivity contribution in [1.29, 1.82) is 0 Å². The van der Waals surface area contributed by atoms with Gasteiger partial charge in [0.15, 0.2) is 11.4 Å². The molecule has 1 aliphatic rings. The Bertz CT molecular complexity index is 1380. The van der Waals surface area contributed by atoms with Crippen molar-refractivity contribution < 1.29 is 18.0 Å². The topological polar surface area (TPSA) is 84.2 Å². The Morgan fingerprint density at radius 3 is 2.80 bits per heavy atom. The number of anilines is 1. The molecule has 1 amide bonds. The zero-order chi connectivity index (χ0) is 24.5. The third-order valence-electron chi connectivity index (χ3n) is 6.53. The molecule has 0 spiro atoms. The summed E-state index contributed by atoms with van der Waals surface area (Å²) < 4.78 is 33.7. The van der Waals surface area contributed by atoms with Crippen molar-refractivity contribution in [1.82, 2.24) is 19.9 Å². The number of likely N-dealkylation sites (tertiary alicyclic amines) is 1.